The number of hydrogen-bond donors (Lipinski definition) is 1. The highest BCUT2D eigenvalue weighted by Crippen LogP contribution is 2.35. The van der Waals surface area contributed by atoms with Crippen LogP contribution in [0.1, 0.15) is 38.2 Å². The predicted octanol–water partition coefficient (Wildman–Crippen LogP) is 3.12. The Morgan fingerprint density at radius 2 is 2.24 bits per heavy atom. The first kappa shape index (κ1) is 12.4. The fraction of sp³-hybridized carbons (Fsp3) is 0.600. The summed E-state index contributed by atoms with van der Waals surface area (Å²) in [6, 6.07) is 8.59. The third kappa shape index (κ3) is 2.63. The molecule has 1 aliphatic heterocycles. The van der Waals surface area contributed by atoms with Crippen LogP contribution in [0.5, 0.6) is 5.75 Å². The molecule has 94 valence electrons. The Labute approximate surface area is 104 Å². The molecular formula is C15H23NO. The maximum absolute atomic E-state index is 5.35. The lowest BCUT2D eigenvalue weighted by Crippen LogP contribution is -2.36. The molecule has 1 aromatic carbocycles. The number of benzene rings is 1. The molecule has 2 heteroatoms. The average molecular weight is 233 g/mol. The van der Waals surface area contributed by atoms with Crippen molar-refractivity contribution in [2.24, 2.45) is 0 Å². The Morgan fingerprint density at radius 3 is 3.00 bits per heavy atom. The van der Waals surface area contributed by atoms with Crippen LogP contribution in [0.2, 0.25) is 0 Å². The molecule has 0 spiro atoms. The summed E-state index contributed by atoms with van der Waals surface area (Å²) in [7, 11) is 1.74. The van der Waals surface area contributed by atoms with Gasteiger partial charge in [0.2, 0.25) is 0 Å². The van der Waals surface area contributed by atoms with Gasteiger partial charge in [-0.3, -0.25) is 0 Å². The summed E-state index contributed by atoms with van der Waals surface area (Å²) in [6.07, 6.45) is 5.08. The van der Waals surface area contributed by atoms with Crippen LogP contribution < -0.4 is 10.1 Å². The maximum Gasteiger partial charge on any atom is 0.119 e. The van der Waals surface area contributed by atoms with E-state index in [4.69, 9.17) is 4.74 Å². The second-order valence-electron chi connectivity index (χ2n) is 5.00. The third-order valence-electron chi connectivity index (χ3n) is 4.08. The fourth-order valence-corrected chi connectivity index (χ4v) is 2.83. The van der Waals surface area contributed by atoms with E-state index in [1.165, 1.54) is 31.2 Å². The van der Waals surface area contributed by atoms with Gasteiger partial charge in [-0.1, -0.05) is 25.5 Å². The molecule has 0 bridgehead atoms. The van der Waals surface area contributed by atoms with Gasteiger partial charge in [0.15, 0.2) is 0 Å². The molecule has 0 radical (unpaired) electrons. The predicted molar refractivity (Wildman–Crippen MR) is 71.7 cm³/mol. The molecule has 0 unspecified atom stereocenters. The van der Waals surface area contributed by atoms with Crippen LogP contribution >= 0.6 is 0 Å². The van der Waals surface area contributed by atoms with Crippen molar-refractivity contribution >= 4 is 0 Å². The largest absolute Gasteiger partial charge is 0.497 e. The summed E-state index contributed by atoms with van der Waals surface area (Å²) in [5, 5.41) is 3.58. The molecule has 1 heterocycles. The Morgan fingerprint density at radius 1 is 1.35 bits per heavy atom. The number of hydrogen-bond acceptors (Lipinski definition) is 2. The highest BCUT2D eigenvalue weighted by Gasteiger charge is 2.31. The Kier molecular flexibility index (Phi) is 4.06. The van der Waals surface area contributed by atoms with Gasteiger partial charge in [-0.25, -0.2) is 0 Å². The smallest absolute Gasteiger partial charge is 0.119 e. The molecule has 0 aliphatic carbocycles. The quantitative estimate of drug-likeness (QED) is 0.866. The van der Waals surface area contributed by atoms with Gasteiger partial charge in [0.1, 0.15) is 5.75 Å². The molecule has 0 aromatic heterocycles. The molecule has 1 N–H and O–H groups in total. The molecule has 1 fully saturated rings. The average Bonchev–Trinajstić information content (AvgIpc) is 2.65. The fourth-order valence-electron chi connectivity index (χ4n) is 2.83. The molecule has 0 saturated carbocycles. The van der Waals surface area contributed by atoms with Crippen LogP contribution in [0.15, 0.2) is 24.3 Å². The summed E-state index contributed by atoms with van der Waals surface area (Å²) in [5.74, 6) is 0.972. The van der Waals surface area contributed by atoms with E-state index >= 15 is 0 Å². The Hall–Kier alpha value is -1.02. The van der Waals surface area contributed by atoms with E-state index < -0.39 is 0 Å². The van der Waals surface area contributed by atoms with Gasteiger partial charge in [0, 0.05) is 12.0 Å². The zero-order valence-electron chi connectivity index (χ0n) is 11.0. The molecule has 1 saturated heterocycles. The highest BCUT2D eigenvalue weighted by molar-refractivity contribution is 5.34. The summed E-state index contributed by atoms with van der Waals surface area (Å²) in [5.41, 5.74) is 1.72. The van der Waals surface area contributed by atoms with Gasteiger partial charge in [-0.2, -0.15) is 0 Å². The maximum atomic E-state index is 5.35. The van der Waals surface area contributed by atoms with Gasteiger partial charge >= 0.3 is 0 Å². The molecule has 1 aliphatic rings. The van der Waals surface area contributed by atoms with E-state index in [1.54, 1.807) is 7.11 Å². The first-order chi connectivity index (χ1) is 8.30. The topological polar surface area (TPSA) is 21.3 Å². The summed E-state index contributed by atoms with van der Waals surface area (Å²) < 4.78 is 5.35. The van der Waals surface area contributed by atoms with Crippen molar-refractivity contribution in [3.63, 3.8) is 0 Å². The number of methoxy groups -OCH3 is 1. The van der Waals surface area contributed by atoms with Crippen LogP contribution in [-0.4, -0.2) is 20.2 Å². The first-order valence-electron chi connectivity index (χ1n) is 6.66. The van der Waals surface area contributed by atoms with Crippen molar-refractivity contribution in [1.82, 2.24) is 5.32 Å². The first-order valence-corrected chi connectivity index (χ1v) is 6.66. The Bertz CT molecular complexity index is 354. The highest BCUT2D eigenvalue weighted by atomic mass is 16.5. The van der Waals surface area contributed by atoms with Gasteiger partial charge in [-0.05, 0) is 43.5 Å². The summed E-state index contributed by atoms with van der Waals surface area (Å²) in [4.78, 5) is 0. The van der Waals surface area contributed by atoms with Crippen molar-refractivity contribution in [3.8, 4) is 5.75 Å². The van der Waals surface area contributed by atoms with Gasteiger partial charge in [0.05, 0.1) is 7.11 Å². The van der Waals surface area contributed by atoms with E-state index in [0.29, 0.717) is 5.41 Å². The van der Waals surface area contributed by atoms with Crippen LogP contribution in [0.3, 0.4) is 0 Å². The van der Waals surface area contributed by atoms with Crippen molar-refractivity contribution in [2.75, 3.05) is 20.2 Å². The monoisotopic (exact) mass is 233 g/mol. The molecule has 2 nitrogen and oxygen atoms in total. The standard InChI is InChI=1S/C15H23NO/c1-3-15(9-4-5-10-16-12-15)13-7-6-8-14(11-13)17-2/h6-8,11,16H,3-5,9-10,12H2,1-2H3/t15-/m1/s1. The van der Waals surface area contributed by atoms with Crippen molar-refractivity contribution in [3.05, 3.63) is 29.8 Å². The Balaban J connectivity index is 2.31. The van der Waals surface area contributed by atoms with Crippen LogP contribution in [-0.2, 0) is 5.41 Å². The summed E-state index contributed by atoms with van der Waals surface area (Å²) >= 11 is 0. The van der Waals surface area contributed by atoms with Crippen molar-refractivity contribution in [2.45, 2.75) is 38.0 Å². The molecule has 17 heavy (non-hydrogen) atoms. The second-order valence-corrected chi connectivity index (χ2v) is 5.00. The molecule has 2 rings (SSSR count). The zero-order chi connectivity index (χ0) is 12.1. The second kappa shape index (κ2) is 5.54. The van der Waals surface area contributed by atoms with E-state index in [-0.39, 0.29) is 0 Å². The lowest BCUT2D eigenvalue weighted by molar-refractivity contribution is 0.371. The van der Waals surface area contributed by atoms with Crippen molar-refractivity contribution in [1.29, 1.82) is 0 Å². The molecule has 1 atom stereocenters. The van der Waals surface area contributed by atoms with Crippen LogP contribution in [0, 0.1) is 0 Å². The van der Waals surface area contributed by atoms with Crippen LogP contribution in [0.4, 0.5) is 0 Å². The van der Waals surface area contributed by atoms with E-state index in [0.717, 1.165) is 18.8 Å². The van der Waals surface area contributed by atoms with E-state index in [1.807, 2.05) is 6.07 Å². The van der Waals surface area contributed by atoms with Gasteiger partial charge in [-0.15, -0.1) is 0 Å². The minimum Gasteiger partial charge on any atom is -0.497 e. The van der Waals surface area contributed by atoms with E-state index in [2.05, 4.69) is 30.4 Å². The SMILES string of the molecule is CC[C@@]1(c2cccc(OC)c2)CCCCNC1. The summed E-state index contributed by atoms with van der Waals surface area (Å²) in [6.45, 7) is 4.55. The van der Waals surface area contributed by atoms with Gasteiger partial charge < -0.3 is 10.1 Å². The molecule has 1 aromatic rings. The normalized spacial score (nSPS) is 25.3. The lowest BCUT2D eigenvalue weighted by Gasteiger charge is -2.32. The minimum atomic E-state index is 0.297. The number of nitrogens with one attached hydrogen (secondary N) is 1. The number of ether oxygens (including phenoxy) is 1. The van der Waals surface area contributed by atoms with Crippen LogP contribution in [0.25, 0.3) is 0 Å². The van der Waals surface area contributed by atoms with Crippen molar-refractivity contribution < 1.29 is 4.74 Å². The molecular weight excluding hydrogens is 210 g/mol. The minimum absolute atomic E-state index is 0.297. The third-order valence-corrected chi connectivity index (χ3v) is 4.08. The molecule has 0 amide bonds. The van der Waals surface area contributed by atoms with E-state index in [9.17, 15) is 0 Å². The lowest BCUT2D eigenvalue weighted by atomic mass is 9.74. The zero-order valence-corrected chi connectivity index (χ0v) is 11.0. The van der Waals surface area contributed by atoms with Gasteiger partial charge in [0.25, 0.3) is 0 Å². The number of rotatable bonds is 3.